The SMILES string of the molecule is CCCCNC(=O)CCCCCCC(=O)NC(CCCCNC(=O)C(Cc1ccccc1)NC(=O)C(Cc1ccccc1)NC(=S)Nc1ccc(CC2CN(CC(=O)O)CCN(CC(=O)O)CCN2CC(=O)O)cc1)C(=O)O. The number of thiocarbonyl (C=S) groups is 1. The smallest absolute Gasteiger partial charge is 0.326 e. The molecule has 1 heterocycles. The molecule has 0 aliphatic carbocycles. The van der Waals surface area contributed by atoms with Crippen LogP contribution in [0.15, 0.2) is 84.9 Å². The molecule has 3 aromatic rings. The van der Waals surface area contributed by atoms with Crippen LogP contribution in [0.5, 0.6) is 0 Å². The van der Waals surface area contributed by atoms with Gasteiger partial charge in [0.2, 0.25) is 23.6 Å². The number of unbranched alkanes of at least 4 members (excludes halogenated alkanes) is 5. The van der Waals surface area contributed by atoms with Gasteiger partial charge in [0.25, 0.3) is 0 Å². The molecule has 1 fully saturated rings. The minimum absolute atomic E-state index is 0.0260. The summed E-state index contributed by atoms with van der Waals surface area (Å²) in [6, 6.07) is 22.3. The predicted molar refractivity (Wildman–Crippen MR) is 299 cm³/mol. The number of aliphatic carboxylic acids is 4. The van der Waals surface area contributed by atoms with Crippen LogP contribution >= 0.6 is 12.2 Å². The van der Waals surface area contributed by atoms with Crippen LogP contribution in [0.3, 0.4) is 0 Å². The number of rotatable bonds is 34. The number of hydrogen-bond acceptors (Lipinski definition) is 12. The summed E-state index contributed by atoms with van der Waals surface area (Å²) in [6.07, 6.45) is 7.08. The number of amides is 4. The molecule has 0 radical (unpaired) electrons. The Bertz CT molecular complexity index is 2380. The minimum atomic E-state index is -1.15. The lowest BCUT2D eigenvalue weighted by Crippen LogP contribution is -2.55. The van der Waals surface area contributed by atoms with E-state index in [0.29, 0.717) is 50.9 Å². The van der Waals surface area contributed by atoms with Crippen molar-refractivity contribution in [2.45, 2.75) is 121 Å². The Hall–Kier alpha value is -7.01. The number of carboxylic acids is 4. The fourth-order valence-corrected chi connectivity index (χ4v) is 9.33. The first-order valence-electron chi connectivity index (χ1n) is 26.9. The summed E-state index contributed by atoms with van der Waals surface area (Å²) in [5.74, 6) is -5.58. The van der Waals surface area contributed by atoms with Crippen LogP contribution < -0.4 is 31.9 Å². The zero-order chi connectivity index (χ0) is 56.7. The van der Waals surface area contributed by atoms with Crippen molar-refractivity contribution in [2.75, 3.05) is 70.8 Å². The average Bonchev–Trinajstić information content (AvgIpc) is 3.47. The maximum Gasteiger partial charge on any atom is 0.326 e. The van der Waals surface area contributed by atoms with E-state index in [1.807, 2.05) is 72.8 Å². The van der Waals surface area contributed by atoms with Crippen molar-refractivity contribution < 1.29 is 58.8 Å². The third-order valence-electron chi connectivity index (χ3n) is 13.2. The van der Waals surface area contributed by atoms with Crippen LogP contribution in [0.25, 0.3) is 0 Å². The molecule has 0 bridgehead atoms. The lowest BCUT2D eigenvalue weighted by molar-refractivity contribution is -0.142. The highest BCUT2D eigenvalue weighted by Crippen LogP contribution is 2.17. The van der Waals surface area contributed by atoms with E-state index in [4.69, 9.17) is 12.2 Å². The molecule has 426 valence electrons. The van der Waals surface area contributed by atoms with E-state index in [0.717, 1.165) is 48.8 Å². The van der Waals surface area contributed by atoms with Crippen molar-refractivity contribution in [3.05, 3.63) is 102 Å². The number of nitrogens with one attached hydrogen (secondary N) is 6. The summed E-state index contributed by atoms with van der Waals surface area (Å²) in [4.78, 5) is 105. The quantitative estimate of drug-likeness (QED) is 0.0302. The van der Waals surface area contributed by atoms with Crippen LogP contribution in [-0.4, -0.2) is 177 Å². The van der Waals surface area contributed by atoms with Gasteiger partial charge in [0, 0.05) is 83.2 Å². The Morgan fingerprint density at radius 3 is 1.69 bits per heavy atom. The standard InChI is InChI=1S/C56H79N9O12S/c1-2-3-27-57-48(66)21-12-4-5-13-22-49(67)60-45(55(76)77)20-14-15-28-58-53(74)46(34-40-16-8-6-9-17-40)61-54(75)47(35-41-18-10-7-11-19-41)62-56(78)59-43-25-23-42(24-26-43)33-44-36-64(38-51(70)71)30-29-63(37-50(68)69)31-32-65(44)39-52(72)73/h6-11,16-19,23-26,44-47H,2-5,12-15,20-22,27-39H2,1H3,(H,57,66)(H,58,74)(H,60,67)(H,61,75)(H,68,69)(H,70,71)(H,72,73)(H,76,77)(H2,59,62,78). The molecule has 4 atom stereocenters. The molecule has 0 aromatic heterocycles. The number of benzene rings is 3. The lowest BCUT2D eigenvalue weighted by atomic mass is 10.0. The largest absolute Gasteiger partial charge is 0.480 e. The molecule has 4 amide bonds. The lowest BCUT2D eigenvalue weighted by Gasteiger charge is -2.33. The van der Waals surface area contributed by atoms with Crippen molar-refractivity contribution in [1.82, 2.24) is 41.3 Å². The van der Waals surface area contributed by atoms with Gasteiger partial charge in [0.15, 0.2) is 5.11 Å². The Morgan fingerprint density at radius 2 is 1.10 bits per heavy atom. The normalized spacial score (nSPS) is 15.4. The van der Waals surface area contributed by atoms with Crippen molar-refractivity contribution >= 4 is 70.5 Å². The van der Waals surface area contributed by atoms with E-state index < -0.39 is 59.9 Å². The topological polar surface area (TPSA) is 299 Å². The Morgan fingerprint density at radius 1 is 0.551 bits per heavy atom. The van der Waals surface area contributed by atoms with E-state index in [-0.39, 0.29) is 95.0 Å². The molecule has 21 nitrogen and oxygen atoms in total. The average molecular weight is 1100 g/mol. The molecule has 0 spiro atoms. The summed E-state index contributed by atoms with van der Waals surface area (Å²) in [6.45, 7) is 3.39. The second-order valence-electron chi connectivity index (χ2n) is 19.7. The van der Waals surface area contributed by atoms with Crippen molar-refractivity contribution in [1.29, 1.82) is 0 Å². The Labute approximate surface area is 462 Å². The fraction of sp³-hybridized carbons (Fsp3) is 0.518. The van der Waals surface area contributed by atoms with Gasteiger partial charge in [-0.25, -0.2) is 4.79 Å². The summed E-state index contributed by atoms with van der Waals surface area (Å²) in [5.41, 5.74) is 3.03. The molecule has 1 saturated heterocycles. The van der Waals surface area contributed by atoms with Gasteiger partial charge in [-0.2, -0.15) is 0 Å². The summed E-state index contributed by atoms with van der Waals surface area (Å²) < 4.78 is 0. The number of hydrogen-bond donors (Lipinski definition) is 10. The van der Waals surface area contributed by atoms with Gasteiger partial charge in [0.05, 0.1) is 19.6 Å². The monoisotopic (exact) mass is 1100 g/mol. The molecular weight excluding hydrogens is 1020 g/mol. The van der Waals surface area contributed by atoms with E-state index in [9.17, 15) is 58.8 Å². The second-order valence-corrected chi connectivity index (χ2v) is 20.1. The molecule has 10 N–H and O–H groups in total. The minimum Gasteiger partial charge on any atom is -0.480 e. The number of carbonyl (C=O) groups is 8. The van der Waals surface area contributed by atoms with Crippen molar-refractivity contribution in [2.24, 2.45) is 0 Å². The number of anilines is 1. The summed E-state index contributed by atoms with van der Waals surface area (Å²) in [7, 11) is 0. The molecule has 3 aromatic carbocycles. The first kappa shape index (κ1) is 63.5. The van der Waals surface area contributed by atoms with Crippen LogP contribution in [0.2, 0.25) is 0 Å². The number of carbonyl (C=O) groups excluding carboxylic acids is 4. The van der Waals surface area contributed by atoms with Gasteiger partial charge in [-0.05, 0) is 86.0 Å². The van der Waals surface area contributed by atoms with Gasteiger partial charge < -0.3 is 52.3 Å². The molecule has 1 aliphatic rings. The maximum absolute atomic E-state index is 14.3. The highest BCUT2D eigenvalue weighted by atomic mass is 32.1. The second kappa shape index (κ2) is 35.4. The van der Waals surface area contributed by atoms with Crippen molar-refractivity contribution in [3.63, 3.8) is 0 Å². The molecule has 78 heavy (non-hydrogen) atoms. The van der Waals surface area contributed by atoms with Gasteiger partial charge >= 0.3 is 23.9 Å². The number of carboxylic acid groups (broad SMARTS) is 4. The molecule has 1 aliphatic heterocycles. The van der Waals surface area contributed by atoms with Crippen LogP contribution in [0.1, 0.15) is 94.2 Å². The predicted octanol–water partition coefficient (Wildman–Crippen LogP) is 3.51. The van der Waals surface area contributed by atoms with Gasteiger partial charge in [-0.1, -0.05) is 99.0 Å². The molecule has 4 unspecified atom stereocenters. The van der Waals surface area contributed by atoms with Crippen LogP contribution in [-0.2, 0) is 57.6 Å². The van der Waals surface area contributed by atoms with E-state index in [2.05, 4.69) is 38.8 Å². The van der Waals surface area contributed by atoms with Crippen LogP contribution in [0.4, 0.5) is 5.69 Å². The highest BCUT2D eigenvalue weighted by Gasteiger charge is 2.30. The third kappa shape index (κ3) is 25.9. The van der Waals surface area contributed by atoms with Gasteiger partial charge in [0.1, 0.15) is 18.1 Å². The Balaban J connectivity index is 1.36. The number of nitrogens with zero attached hydrogens (tertiary/aromatic N) is 3. The molecule has 22 heteroatoms. The van der Waals surface area contributed by atoms with E-state index >= 15 is 0 Å². The van der Waals surface area contributed by atoms with Crippen molar-refractivity contribution in [3.8, 4) is 0 Å². The van der Waals surface area contributed by atoms with Gasteiger partial charge in [-0.15, -0.1) is 0 Å². The Kier molecular flexibility index (Phi) is 28.8. The first-order chi connectivity index (χ1) is 37.5. The highest BCUT2D eigenvalue weighted by molar-refractivity contribution is 7.80. The molecular formula is C56H79N9O12S. The third-order valence-corrected chi connectivity index (χ3v) is 13.5. The zero-order valence-electron chi connectivity index (χ0n) is 44.7. The van der Waals surface area contributed by atoms with Gasteiger partial charge in [-0.3, -0.25) is 48.3 Å². The van der Waals surface area contributed by atoms with E-state index in [1.54, 1.807) is 26.8 Å². The molecule has 4 rings (SSSR count). The summed E-state index contributed by atoms with van der Waals surface area (Å²) >= 11 is 5.74. The summed E-state index contributed by atoms with van der Waals surface area (Å²) in [5, 5.41) is 56.5. The first-order valence-corrected chi connectivity index (χ1v) is 27.3. The van der Waals surface area contributed by atoms with E-state index in [1.165, 1.54) is 0 Å². The fourth-order valence-electron chi connectivity index (χ4n) is 9.07. The van der Waals surface area contributed by atoms with Crippen LogP contribution in [0, 0.1) is 0 Å². The maximum atomic E-state index is 14.3. The molecule has 0 saturated carbocycles. The zero-order valence-corrected chi connectivity index (χ0v) is 45.5.